The Hall–Kier alpha value is -1.06. The molecule has 0 aromatic rings. The highest BCUT2D eigenvalue weighted by atomic mass is 16.2. The van der Waals surface area contributed by atoms with Gasteiger partial charge in [0.25, 0.3) is 0 Å². The van der Waals surface area contributed by atoms with Gasteiger partial charge in [-0.05, 0) is 31.6 Å². The lowest BCUT2D eigenvalue weighted by Crippen LogP contribution is -2.69. The minimum Gasteiger partial charge on any atom is -0.340 e. The fraction of sp³-hybridized carbons (Fsp3) is 0.882. The smallest absolute Gasteiger partial charge is 0.249 e. The maximum atomic E-state index is 13.0. The molecule has 1 heterocycles. The van der Waals surface area contributed by atoms with Crippen LogP contribution in [0.1, 0.15) is 72.1 Å². The van der Waals surface area contributed by atoms with Crippen molar-refractivity contribution in [2.45, 2.75) is 83.7 Å². The van der Waals surface area contributed by atoms with Crippen LogP contribution < -0.4 is 5.32 Å². The van der Waals surface area contributed by atoms with Gasteiger partial charge in [0, 0.05) is 6.54 Å². The molecule has 0 aromatic heterocycles. The minimum atomic E-state index is -0.573. The van der Waals surface area contributed by atoms with Crippen LogP contribution in [0.15, 0.2) is 0 Å². The fourth-order valence-electron chi connectivity index (χ4n) is 3.72. The molecule has 0 bridgehead atoms. The van der Waals surface area contributed by atoms with Gasteiger partial charge in [-0.3, -0.25) is 9.59 Å². The minimum absolute atomic E-state index is 0.0710. The summed E-state index contributed by atoms with van der Waals surface area (Å²) in [6.45, 7) is 7.12. The van der Waals surface area contributed by atoms with Crippen LogP contribution in [0.2, 0.25) is 0 Å². The summed E-state index contributed by atoms with van der Waals surface area (Å²) < 4.78 is 0. The summed E-state index contributed by atoms with van der Waals surface area (Å²) in [5, 5.41) is 3.09. The lowest BCUT2D eigenvalue weighted by Gasteiger charge is -2.45. The number of rotatable bonds is 6. The molecule has 120 valence electrons. The summed E-state index contributed by atoms with van der Waals surface area (Å²) in [6.07, 6.45) is 7.74. The molecule has 4 heteroatoms. The molecule has 1 aliphatic carbocycles. The largest absolute Gasteiger partial charge is 0.340 e. The Balaban J connectivity index is 2.16. The average Bonchev–Trinajstić information content (AvgIpc) is 2.88. The summed E-state index contributed by atoms with van der Waals surface area (Å²) in [4.78, 5) is 27.5. The van der Waals surface area contributed by atoms with Crippen molar-refractivity contribution in [2.75, 3.05) is 6.54 Å². The number of hydrogen-bond acceptors (Lipinski definition) is 2. The monoisotopic (exact) mass is 294 g/mol. The normalized spacial score (nSPS) is 25.0. The number of carbonyl (C=O) groups is 2. The van der Waals surface area contributed by atoms with Crippen LogP contribution in [0.4, 0.5) is 0 Å². The molecule has 0 radical (unpaired) electrons. The molecular formula is C17H30N2O2. The van der Waals surface area contributed by atoms with Crippen LogP contribution in [-0.2, 0) is 9.59 Å². The molecule has 21 heavy (non-hydrogen) atoms. The van der Waals surface area contributed by atoms with Gasteiger partial charge in [-0.25, -0.2) is 0 Å². The van der Waals surface area contributed by atoms with E-state index in [2.05, 4.69) is 26.1 Å². The number of piperazine rings is 1. The lowest BCUT2D eigenvalue weighted by molar-refractivity contribution is -0.155. The maximum absolute atomic E-state index is 13.0. The number of carbonyl (C=O) groups excluding carboxylic acids is 2. The Bertz CT molecular complexity index is 386. The van der Waals surface area contributed by atoms with Crippen LogP contribution >= 0.6 is 0 Å². The molecule has 2 aliphatic rings. The van der Waals surface area contributed by atoms with E-state index in [4.69, 9.17) is 0 Å². The first kappa shape index (κ1) is 16.3. The molecule has 1 saturated carbocycles. The second-order valence-corrected chi connectivity index (χ2v) is 7.13. The highest BCUT2D eigenvalue weighted by Gasteiger charge is 2.51. The van der Waals surface area contributed by atoms with E-state index in [-0.39, 0.29) is 17.9 Å². The van der Waals surface area contributed by atoms with Gasteiger partial charge in [0.1, 0.15) is 11.6 Å². The molecule has 4 nitrogen and oxygen atoms in total. The number of unbranched alkanes of at least 4 members (excludes halogenated alkanes) is 2. The first-order valence-electron chi connectivity index (χ1n) is 8.63. The van der Waals surface area contributed by atoms with Crippen LogP contribution in [0.25, 0.3) is 0 Å². The SMILES string of the molecule is CCCCCN1C(=O)C2(CCCC2)NC(=O)C1CC(C)C. The Labute approximate surface area is 128 Å². The predicted molar refractivity (Wildman–Crippen MR) is 83.8 cm³/mol. The molecule has 1 N–H and O–H groups in total. The summed E-state index contributed by atoms with van der Waals surface area (Å²) in [5.74, 6) is 0.669. The van der Waals surface area contributed by atoms with Crippen LogP contribution in [0.5, 0.6) is 0 Å². The third-order valence-electron chi connectivity index (χ3n) is 4.87. The van der Waals surface area contributed by atoms with E-state index in [0.717, 1.165) is 57.9 Å². The quantitative estimate of drug-likeness (QED) is 0.766. The number of nitrogens with zero attached hydrogens (tertiary/aromatic N) is 1. The van der Waals surface area contributed by atoms with Crippen molar-refractivity contribution in [3.8, 4) is 0 Å². The van der Waals surface area contributed by atoms with Gasteiger partial charge in [-0.2, -0.15) is 0 Å². The highest BCUT2D eigenvalue weighted by molar-refractivity contribution is 6.00. The molecule has 1 unspecified atom stereocenters. The molecular weight excluding hydrogens is 264 g/mol. The van der Waals surface area contributed by atoms with Crippen LogP contribution in [0, 0.1) is 5.92 Å². The molecule has 1 atom stereocenters. The van der Waals surface area contributed by atoms with Crippen molar-refractivity contribution in [2.24, 2.45) is 5.92 Å². The third-order valence-corrected chi connectivity index (χ3v) is 4.87. The van der Waals surface area contributed by atoms with E-state index in [1.165, 1.54) is 0 Å². The summed E-state index contributed by atoms with van der Waals surface area (Å²) in [5.41, 5.74) is -0.573. The Morgan fingerprint density at radius 1 is 1.24 bits per heavy atom. The molecule has 2 amide bonds. The van der Waals surface area contributed by atoms with Crippen molar-refractivity contribution in [1.29, 1.82) is 0 Å². The molecule has 1 saturated heterocycles. The van der Waals surface area contributed by atoms with E-state index < -0.39 is 5.54 Å². The first-order valence-corrected chi connectivity index (χ1v) is 8.63. The van der Waals surface area contributed by atoms with Gasteiger partial charge in [0.05, 0.1) is 0 Å². The van der Waals surface area contributed by atoms with Gasteiger partial charge >= 0.3 is 0 Å². The van der Waals surface area contributed by atoms with Gasteiger partial charge < -0.3 is 10.2 Å². The summed E-state index contributed by atoms with van der Waals surface area (Å²) >= 11 is 0. The van der Waals surface area contributed by atoms with Crippen molar-refractivity contribution in [3.05, 3.63) is 0 Å². The molecule has 1 spiro atoms. The van der Waals surface area contributed by atoms with Crippen LogP contribution in [-0.4, -0.2) is 34.8 Å². The predicted octanol–water partition coefficient (Wildman–Crippen LogP) is 2.86. The Kier molecular flexibility index (Phi) is 5.28. The zero-order chi connectivity index (χ0) is 15.5. The Morgan fingerprint density at radius 2 is 1.90 bits per heavy atom. The molecule has 0 aromatic carbocycles. The molecule has 1 aliphatic heterocycles. The van der Waals surface area contributed by atoms with Crippen molar-refractivity contribution < 1.29 is 9.59 Å². The highest BCUT2D eigenvalue weighted by Crippen LogP contribution is 2.35. The maximum Gasteiger partial charge on any atom is 0.249 e. The van der Waals surface area contributed by atoms with E-state index in [1.807, 2.05) is 4.90 Å². The first-order chi connectivity index (χ1) is 10.00. The number of amides is 2. The van der Waals surface area contributed by atoms with E-state index in [1.54, 1.807) is 0 Å². The second-order valence-electron chi connectivity index (χ2n) is 7.13. The lowest BCUT2D eigenvalue weighted by atomic mass is 9.88. The van der Waals surface area contributed by atoms with Gasteiger partial charge in [-0.1, -0.05) is 46.5 Å². The van der Waals surface area contributed by atoms with E-state index in [9.17, 15) is 9.59 Å². The number of nitrogens with one attached hydrogen (secondary N) is 1. The van der Waals surface area contributed by atoms with Crippen molar-refractivity contribution in [3.63, 3.8) is 0 Å². The molecule has 2 fully saturated rings. The Morgan fingerprint density at radius 3 is 2.48 bits per heavy atom. The zero-order valence-electron chi connectivity index (χ0n) is 13.8. The topological polar surface area (TPSA) is 49.4 Å². The zero-order valence-corrected chi connectivity index (χ0v) is 13.8. The van der Waals surface area contributed by atoms with E-state index >= 15 is 0 Å². The summed E-state index contributed by atoms with van der Waals surface area (Å²) in [7, 11) is 0. The third kappa shape index (κ3) is 3.41. The fourth-order valence-corrected chi connectivity index (χ4v) is 3.72. The average molecular weight is 294 g/mol. The van der Waals surface area contributed by atoms with Crippen LogP contribution in [0.3, 0.4) is 0 Å². The van der Waals surface area contributed by atoms with Crippen molar-refractivity contribution >= 4 is 11.8 Å². The van der Waals surface area contributed by atoms with Gasteiger partial charge in [-0.15, -0.1) is 0 Å². The summed E-state index contributed by atoms with van der Waals surface area (Å²) in [6, 6.07) is -0.263. The second kappa shape index (κ2) is 6.80. The van der Waals surface area contributed by atoms with Gasteiger partial charge in [0.15, 0.2) is 0 Å². The standard InChI is InChI=1S/C17H30N2O2/c1-4-5-8-11-19-14(12-13(2)3)15(20)18-17(16(19)21)9-6-7-10-17/h13-14H,4-12H2,1-3H3,(H,18,20). The van der Waals surface area contributed by atoms with Crippen molar-refractivity contribution in [1.82, 2.24) is 10.2 Å². The number of hydrogen-bond donors (Lipinski definition) is 1. The van der Waals surface area contributed by atoms with Gasteiger partial charge in [0.2, 0.25) is 11.8 Å². The van der Waals surface area contributed by atoms with E-state index in [0.29, 0.717) is 5.92 Å². The molecule has 2 rings (SSSR count).